The molecule has 1 aliphatic heterocycles. The van der Waals surface area contributed by atoms with Crippen molar-refractivity contribution in [1.29, 1.82) is 0 Å². The van der Waals surface area contributed by atoms with E-state index in [-0.39, 0.29) is 30.3 Å². The molecule has 6 heteroatoms. The van der Waals surface area contributed by atoms with Gasteiger partial charge in [0.1, 0.15) is 12.1 Å². The molecule has 0 saturated carbocycles. The molecule has 2 atom stereocenters. The van der Waals surface area contributed by atoms with Crippen LogP contribution >= 0.6 is 23.5 Å². The highest BCUT2D eigenvalue weighted by molar-refractivity contribution is 7.97. The van der Waals surface area contributed by atoms with Crippen molar-refractivity contribution in [1.82, 2.24) is 4.72 Å². The number of carbonyl (C=O) groups is 3. The SMILES string of the molecule is O=C[C@@H]1CSNC1C(=O)CCC(=O)CCc1ccc(Cl)cc1. The normalized spacial score (nSPS) is 20.8. The van der Waals surface area contributed by atoms with Crippen molar-refractivity contribution in [3.63, 3.8) is 0 Å². The van der Waals surface area contributed by atoms with Gasteiger partial charge in [-0.25, -0.2) is 0 Å². The summed E-state index contributed by atoms with van der Waals surface area (Å²) in [4.78, 5) is 34.8. The van der Waals surface area contributed by atoms with E-state index < -0.39 is 6.04 Å². The molecular weight excluding hydrogens is 322 g/mol. The summed E-state index contributed by atoms with van der Waals surface area (Å²) in [6, 6.07) is 6.96. The zero-order valence-corrected chi connectivity index (χ0v) is 13.7. The molecule has 1 fully saturated rings. The average molecular weight is 340 g/mol. The summed E-state index contributed by atoms with van der Waals surface area (Å²) in [7, 11) is 0. The van der Waals surface area contributed by atoms with Crippen molar-refractivity contribution < 1.29 is 14.4 Å². The van der Waals surface area contributed by atoms with Crippen LogP contribution in [-0.2, 0) is 20.8 Å². The number of halogens is 1. The van der Waals surface area contributed by atoms with Gasteiger partial charge in [-0.1, -0.05) is 35.7 Å². The molecule has 0 aromatic heterocycles. The number of benzene rings is 1. The Bertz CT molecular complexity index is 547. The number of aryl methyl sites for hydroxylation is 1. The predicted molar refractivity (Wildman–Crippen MR) is 88.0 cm³/mol. The van der Waals surface area contributed by atoms with Gasteiger partial charge in [0.25, 0.3) is 0 Å². The molecule has 0 spiro atoms. The monoisotopic (exact) mass is 339 g/mol. The van der Waals surface area contributed by atoms with Crippen molar-refractivity contribution in [2.45, 2.75) is 31.7 Å². The number of rotatable bonds is 8. The molecule has 1 heterocycles. The number of hydrogen-bond donors (Lipinski definition) is 1. The van der Waals surface area contributed by atoms with Crippen molar-refractivity contribution in [3.05, 3.63) is 34.9 Å². The molecular formula is C16H18ClNO3S. The summed E-state index contributed by atoms with van der Waals surface area (Å²) in [6.45, 7) is 0. The predicted octanol–water partition coefficient (Wildman–Crippen LogP) is 2.63. The summed E-state index contributed by atoms with van der Waals surface area (Å²) in [6.07, 6.45) is 2.32. The maximum absolute atomic E-state index is 12.0. The molecule has 1 aromatic rings. The van der Waals surface area contributed by atoms with Crippen LogP contribution in [-0.4, -0.2) is 29.6 Å². The Morgan fingerprint density at radius 3 is 2.64 bits per heavy atom. The number of ketones is 2. The molecule has 1 unspecified atom stereocenters. The zero-order valence-electron chi connectivity index (χ0n) is 12.1. The van der Waals surface area contributed by atoms with Crippen LogP contribution in [0.4, 0.5) is 0 Å². The van der Waals surface area contributed by atoms with E-state index >= 15 is 0 Å². The average Bonchev–Trinajstić information content (AvgIpc) is 3.00. The van der Waals surface area contributed by atoms with E-state index in [9.17, 15) is 14.4 Å². The van der Waals surface area contributed by atoms with Crippen molar-refractivity contribution in [3.8, 4) is 0 Å². The Kier molecular flexibility index (Phi) is 6.61. The van der Waals surface area contributed by atoms with Gasteiger partial charge in [-0.05, 0) is 24.1 Å². The fourth-order valence-electron chi connectivity index (χ4n) is 2.32. The van der Waals surface area contributed by atoms with Crippen LogP contribution in [0.3, 0.4) is 0 Å². The van der Waals surface area contributed by atoms with E-state index in [1.54, 1.807) is 12.1 Å². The maximum atomic E-state index is 12.0. The minimum absolute atomic E-state index is 0.0538. The van der Waals surface area contributed by atoms with E-state index in [1.165, 1.54) is 11.9 Å². The molecule has 0 bridgehead atoms. The number of hydrogen-bond acceptors (Lipinski definition) is 5. The largest absolute Gasteiger partial charge is 0.303 e. The van der Waals surface area contributed by atoms with Crippen molar-refractivity contribution >= 4 is 41.4 Å². The molecule has 2 rings (SSSR count). The molecule has 22 heavy (non-hydrogen) atoms. The van der Waals surface area contributed by atoms with Gasteiger partial charge in [0.15, 0.2) is 5.78 Å². The lowest BCUT2D eigenvalue weighted by atomic mass is 9.96. The van der Waals surface area contributed by atoms with Gasteiger partial charge in [0, 0.05) is 36.0 Å². The van der Waals surface area contributed by atoms with Gasteiger partial charge in [-0.3, -0.25) is 14.3 Å². The van der Waals surface area contributed by atoms with E-state index in [2.05, 4.69) is 4.72 Å². The van der Waals surface area contributed by atoms with Gasteiger partial charge >= 0.3 is 0 Å². The fraction of sp³-hybridized carbons (Fsp3) is 0.438. The van der Waals surface area contributed by atoms with E-state index in [0.29, 0.717) is 23.6 Å². The Labute approximate surface area is 139 Å². The van der Waals surface area contributed by atoms with Gasteiger partial charge in [-0.15, -0.1) is 0 Å². The molecule has 1 saturated heterocycles. The number of aldehydes is 1. The van der Waals surface area contributed by atoms with Crippen LogP contribution < -0.4 is 4.72 Å². The van der Waals surface area contributed by atoms with Gasteiger partial charge in [-0.2, -0.15) is 0 Å². The van der Waals surface area contributed by atoms with Gasteiger partial charge < -0.3 is 4.79 Å². The van der Waals surface area contributed by atoms with Crippen LogP contribution in [0.5, 0.6) is 0 Å². The van der Waals surface area contributed by atoms with Crippen LogP contribution in [0.25, 0.3) is 0 Å². The minimum Gasteiger partial charge on any atom is -0.303 e. The highest BCUT2D eigenvalue weighted by Crippen LogP contribution is 2.21. The summed E-state index contributed by atoms with van der Waals surface area (Å²) < 4.78 is 2.96. The quantitative estimate of drug-likeness (QED) is 0.582. The van der Waals surface area contributed by atoms with Crippen molar-refractivity contribution in [2.24, 2.45) is 5.92 Å². The Balaban J connectivity index is 1.72. The Hall–Kier alpha value is -1.17. The third-order valence-corrected chi connectivity index (χ3v) is 4.92. The lowest BCUT2D eigenvalue weighted by Gasteiger charge is -2.11. The second kappa shape index (κ2) is 8.46. The summed E-state index contributed by atoms with van der Waals surface area (Å²) in [5.41, 5.74) is 1.05. The van der Waals surface area contributed by atoms with E-state index in [1.807, 2.05) is 12.1 Å². The first-order valence-corrected chi connectivity index (χ1v) is 8.58. The summed E-state index contributed by atoms with van der Waals surface area (Å²) in [5, 5.41) is 0.673. The van der Waals surface area contributed by atoms with Gasteiger partial charge in [0.05, 0.1) is 6.04 Å². The second-order valence-corrected chi connectivity index (χ2v) is 6.63. The van der Waals surface area contributed by atoms with Crippen LogP contribution in [0.1, 0.15) is 24.8 Å². The lowest BCUT2D eigenvalue weighted by molar-refractivity contribution is -0.126. The molecule has 0 aliphatic carbocycles. The fourth-order valence-corrected chi connectivity index (χ4v) is 3.49. The third kappa shape index (κ3) is 4.93. The smallest absolute Gasteiger partial charge is 0.151 e. The topological polar surface area (TPSA) is 63.2 Å². The number of nitrogens with one attached hydrogen (secondary N) is 1. The third-order valence-electron chi connectivity index (χ3n) is 3.69. The summed E-state index contributed by atoms with van der Waals surface area (Å²) >= 11 is 7.20. The highest BCUT2D eigenvalue weighted by atomic mass is 35.5. The first-order valence-electron chi connectivity index (χ1n) is 7.21. The zero-order chi connectivity index (χ0) is 15.9. The molecule has 118 valence electrons. The van der Waals surface area contributed by atoms with Crippen LogP contribution in [0, 0.1) is 5.92 Å². The second-order valence-electron chi connectivity index (χ2n) is 5.34. The van der Waals surface area contributed by atoms with Crippen LogP contribution in [0.2, 0.25) is 5.02 Å². The Morgan fingerprint density at radius 1 is 1.23 bits per heavy atom. The lowest BCUT2D eigenvalue weighted by Crippen LogP contribution is -2.35. The van der Waals surface area contributed by atoms with E-state index in [0.717, 1.165) is 11.8 Å². The minimum atomic E-state index is -0.438. The molecule has 1 aliphatic rings. The van der Waals surface area contributed by atoms with Crippen molar-refractivity contribution in [2.75, 3.05) is 5.75 Å². The standard InChI is InChI=1S/C16H18ClNO3S/c17-13-4-1-11(2-5-13)3-6-14(20)7-8-15(21)16-12(9-19)10-22-18-16/h1-2,4-5,9,12,16,18H,3,6-8,10H2/t12-,16?/m1/s1. The maximum Gasteiger partial charge on any atom is 0.151 e. The molecule has 0 amide bonds. The van der Waals surface area contributed by atoms with E-state index in [4.69, 9.17) is 11.6 Å². The molecule has 4 nitrogen and oxygen atoms in total. The number of Topliss-reactive ketones (excluding diaryl/α,β-unsaturated/α-hetero) is 2. The first-order chi connectivity index (χ1) is 10.6. The number of carbonyl (C=O) groups excluding carboxylic acids is 3. The molecule has 0 radical (unpaired) electrons. The Morgan fingerprint density at radius 2 is 1.95 bits per heavy atom. The highest BCUT2D eigenvalue weighted by Gasteiger charge is 2.32. The molecule has 1 aromatic carbocycles. The first kappa shape index (κ1) is 17.2. The van der Waals surface area contributed by atoms with Gasteiger partial charge in [0.2, 0.25) is 0 Å². The van der Waals surface area contributed by atoms with Crippen LogP contribution in [0.15, 0.2) is 24.3 Å². The summed E-state index contributed by atoms with van der Waals surface area (Å²) in [5.74, 6) is 0.352. The molecule has 1 N–H and O–H groups in total.